The lowest BCUT2D eigenvalue weighted by Crippen LogP contribution is -2.59. The standard InChI is InChI=1S/C31H54N12O6/c1-16(2)12-22(27(47)40-21(25(33)45)6-5-11-38-30(34)35)42-28(48)23(13-17(3)4)43-29(49)24(41-26(46)20(32)15-44)14-18-7-9-19(10-8-18)39-31(36)37/h7-10,16-17,20-24,44H,5-6,11-15,32H2,1-4H3,(H2,33,45)(H,40,47)(H,41,46)(H,42,48)(H,43,49)(H4,34,35,38)(H4,36,37,39)/t20-,21-,22-,23-,24-/m0/s1. The molecule has 0 heterocycles. The molecule has 49 heavy (non-hydrogen) atoms. The van der Waals surface area contributed by atoms with Crippen LogP contribution in [-0.4, -0.2) is 89.9 Å². The van der Waals surface area contributed by atoms with Gasteiger partial charge >= 0.3 is 0 Å². The second-order valence-corrected chi connectivity index (χ2v) is 12.6. The van der Waals surface area contributed by atoms with Gasteiger partial charge in [-0.1, -0.05) is 39.8 Å². The molecular weight excluding hydrogens is 636 g/mol. The number of nitrogens with one attached hydrogen (secondary N) is 4. The van der Waals surface area contributed by atoms with Crippen LogP contribution >= 0.6 is 0 Å². The Labute approximate surface area is 286 Å². The topological polar surface area (TPSA) is 335 Å². The lowest BCUT2D eigenvalue weighted by molar-refractivity contribution is -0.135. The molecule has 0 spiro atoms. The quantitative estimate of drug-likeness (QED) is 0.0351. The van der Waals surface area contributed by atoms with Gasteiger partial charge in [-0.25, -0.2) is 4.99 Å². The van der Waals surface area contributed by atoms with Crippen molar-refractivity contribution < 1.29 is 29.1 Å². The number of benzene rings is 1. The number of guanidine groups is 2. The Bertz CT molecular complexity index is 1310. The lowest BCUT2D eigenvalue weighted by atomic mass is 9.98. The van der Waals surface area contributed by atoms with Crippen LogP contribution in [-0.2, 0) is 30.4 Å². The van der Waals surface area contributed by atoms with Gasteiger partial charge in [0.1, 0.15) is 30.2 Å². The zero-order valence-electron chi connectivity index (χ0n) is 28.6. The summed E-state index contributed by atoms with van der Waals surface area (Å²) < 4.78 is 0. The Morgan fingerprint density at radius 1 is 0.694 bits per heavy atom. The number of primary amides is 1. The third-order valence-electron chi connectivity index (χ3n) is 7.09. The average Bonchev–Trinajstić information content (AvgIpc) is 3.00. The van der Waals surface area contributed by atoms with E-state index in [2.05, 4.69) is 31.3 Å². The number of carbonyl (C=O) groups excluding carboxylic acids is 5. The van der Waals surface area contributed by atoms with Gasteiger partial charge in [0.05, 0.1) is 12.3 Å². The largest absolute Gasteiger partial charge is 0.394 e. The predicted octanol–water partition coefficient (Wildman–Crippen LogP) is -2.98. The first-order valence-electron chi connectivity index (χ1n) is 16.0. The van der Waals surface area contributed by atoms with Crippen LogP contribution in [0.1, 0.15) is 58.9 Å². The smallest absolute Gasteiger partial charge is 0.243 e. The average molecular weight is 691 g/mol. The molecule has 0 saturated carbocycles. The highest BCUT2D eigenvalue weighted by molar-refractivity contribution is 5.96. The molecule has 5 amide bonds. The van der Waals surface area contributed by atoms with Crippen LogP contribution in [0.5, 0.6) is 0 Å². The van der Waals surface area contributed by atoms with Crippen LogP contribution < -0.4 is 55.7 Å². The fourth-order valence-electron chi connectivity index (χ4n) is 4.67. The first kappa shape index (κ1) is 42.1. The summed E-state index contributed by atoms with van der Waals surface area (Å²) in [6.45, 7) is 6.98. The van der Waals surface area contributed by atoms with E-state index in [1.54, 1.807) is 24.3 Å². The van der Waals surface area contributed by atoms with Gasteiger partial charge in [-0.15, -0.1) is 0 Å². The molecule has 274 valence electrons. The molecule has 17 N–H and O–H groups in total. The van der Waals surface area contributed by atoms with Crippen LogP contribution in [0.2, 0.25) is 0 Å². The second-order valence-electron chi connectivity index (χ2n) is 12.6. The molecule has 0 radical (unpaired) electrons. The summed E-state index contributed by atoms with van der Waals surface area (Å²) in [6.07, 6.45) is 0.913. The van der Waals surface area contributed by atoms with Gasteiger partial charge in [0, 0.05) is 13.0 Å². The number of aliphatic hydroxyl groups excluding tert-OH is 1. The Kier molecular flexibility index (Phi) is 18.1. The normalized spacial score (nSPS) is 14.0. The summed E-state index contributed by atoms with van der Waals surface area (Å²) in [5.41, 5.74) is 33.8. The molecule has 5 atom stereocenters. The summed E-state index contributed by atoms with van der Waals surface area (Å²) in [5.74, 6) is -3.88. The number of hydrogen-bond acceptors (Lipinski definition) is 9. The molecule has 1 aromatic rings. The van der Waals surface area contributed by atoms with Gasteiger partial charge < -0.3 is 60.8 Å². The molecule has 0 aliphatic carbocycles. The highest BCUT2D eigenvalue weighted by atomic mass is 16.3. The van der Waals surface area contributed by atoms with Gasteiger partial charge in [-0.2, -0.15) is 0 Å². The Hall–Kier alpha value is -4.97. The predicted molar refractivity (Wildman–Crippen MR) is 186 cm³/mol. The molecule has 0 aliphatic heterocycles. The van der Waals surface area contributed by atoms with Crippen molar-refractivity contribution in [1.82, 2.24) is 21.3 Å². The van der Waals surface area contributed by atoms with Crippen molar-refractivity contribution >= 4 is 47.1 Å². The number of aliphatic imine (C=N–C) groups is 2. The summed E-state index contributed by atoms with van der Waals surface area (Å²) in [4.78, 5) is 73.2. The second kappa shape index (κ2) is 21.1. The zero-order chi connectivity index (χ0) is 37.3. The summed E-state index contributed by atoms with van der Waals surface area (Å²) in [7, 11) is 0. The van der Waals surface area contributed by atoms with Crippen molar-refractivity contribution in [2.45, 2.75) is 90.0 Å². The van der Waals surface area contributed by atoms with E-state index in [4.69, 9.17) is 34.4 Å². The number of hydrogen-bond donors (Lipinski definition) is 11. The van der Waals surface area contributed by atoms with Crippen LogP contribution in [0.15, 0.2) is 34.3 Å². The lowest BCUT2D eigenvalue weighted by Gasteiger charge is -2.28. The van der Waals surface area contributed by atoms with E-state index in [0.29, 0.717) is 17.7 Å². The summed E-state index contributed by atoms with van der Waals surface area (Å²) >= 11 is 0. The monoisotopic (exact) mass is 690 g/mol. The third kappa shape index (κ3) is 16.6. The zero-order valence-corrected chi connectivity index (χ0v) is 28.6. The minimum absolute atomic E-state index is 0.0100. The highest BCUT2D eigenvalue weighted by Crippen LogP contribution is 2.15. The fourth-order valence-corrected chi connectivity index (χ4v) is 4.67. The van der Waals surface area contributed by atoms with Crippen LogP contribution in [0, 0.1) is 11.8 Å². The van der Waals surface area contributed by atoms with E-state index in [1.807, 2.05) is 27.7 Å². The van der Waals surface area contributed by atoms with Crippen LogP contribution in [0.3, 0.4) is 0 Å². The highest BCUT2D eigenvalue weighted by Gasteiger charge is 2.32. The van der Waals surface area contributed by atoms with E-state index in [1.165, 1.54) is 0 Å². The van der Waals surface area contributed by atoms with Crippen molar-refractivity contribution in [3.8, 4) is 0 Å². The maximum Gasteiger partial charge on any atom is 0.243 e. The maximum absolute atomic E-state index is 13.7. The van der Waals surface area contributed by atoms with E-state index >= 15 is 0 Å². The van der Waals surface area contributed by atoms with Crippen LogP contribution in [0.25, 0.3) is 0 Å². The fraction of sp³-hybridized carbons (Fsp3) is 0.581. The molecule has 18 nitrogen and oxygen atoms in total. The van der Waals surface area contributed by atoms with Gasteiger partial charge in [0.15, 0.2) is 11.9 Å². The Morgan fingerprint density at radius 3 is 1.59 bits per heavy atom. The van der Waals surface area contributed by atoms with E-state index < -0.39 is 66.4 Å². The summed E-state index contributed by atoms with van der Waals surface area (Å²) in [6, 6.07) is 0.841. The molecule has 1 aromatic carbocycles. The number of aliphatic hydroxyl groups is 1. The van der Waals surface area contributed by atoms with Gasteiger partial charge in [-0.3, -0.25) is 29.0 Å². The molecular formula is C31H54N12O6. The van der Waals surface area contributed by atoms with Gasteiger partial charge in [0.25, 0.3) is 0 Å². The van der Waals surface area contributed by atoms with Gasteiger partial charge in [0.2, 0.25) is 29.5 Å². The SMILES string of the molecule is CC(C)C[C@H](NC(=O)[C@H](CC(C)C)NC(=O)[C@H](Cc1ccc(N=C(N)N)cc1)NC(=O)[C@@H](N)CO)C(=O)N[C@@H](CCCN=C(N)N)C(N)=O. The molecule has 0 unspecified atom stereocenters. The van der Waals surface area contributed by atoms with Crippen LogP contribution in [0.4, 0.5) is 5.69 Å². The van der Waals surface area contributed by atoms with E-state index in [-0.39, 0.29) is 56.0 Å². The Balaban J connectivity index is 3.24. The van der Waals surface area contributed by atoms with E-state index in [0.717, 1.165) is 0 Å². The number of amides is 5. The maximum atomic E-state index is 13.7. The molecule has 0 bridgehead atoms. The first-order valence-corrected chi connectivity index (χ1v) is 16.0. The molecule has 1 rings (SSSR count). The van der Waals surface area contributed by atoms with Crippen molar-refractivity contribution in [2.75, 3.05) is 13.2 Å². The number of nitrogens with two attached hydrogens (primary N) is 6. The van der Waals surface area contributed by atoms with Crippen molar-refractivity contribution in [1.29, 1.82) is 0 Å². The number of nitrogens with zero attached hydrogens (tertiary/aromatic N) is 2. The van der Waals surface area contributed by atoms with Crippen molar-refractivity contribution in [2.24, 2.45) is 56.2 Å². The summed E-state index contributed by atoms with van der Waals surface area (Å²) in [5, 5.41) is 19.9. The van der Waals surface area contributed by atoms with Crippen molar-refractivity contribution in [3.63, 3.8) is 0 Å². The van der Waals surface area contributed by atoms with Gasteiger partial charge in [-0.05, 0) is 55.2 Å². The third-order valence-corrected chi connectivity index (χ3v) is 7.09. The molecule has 0 saturated heterocycles. The Morgan fingerprint density at radius 2 is 1.16 bits per heavy atom. The number of carbonyl (C=O) groups is 5. The minimum Gasteiger partial charge on any atom is -0.394 e. The molecule has 0 fully saturated rings. The number of rotatable bonds is 21. The van der Waals surface area contributed by atoms with Crippen molar-refractivity contribution in [3.05, 3.63) is 29.8 Å². The minimum atomic E-state index is -1.29. The molecule has 0 aromatic heterocycles. The molecule has 18 heteroatoms. The first-order chi connectivity index (χ1) is 22.9. The molecule has 0 aliphatic rings. The van der Waals surface area contributed by atoms with E-state index in [9.17, 15) is 29.1 Å².